The molecule has 1 aliphatic carbocycles. The second kappa shape index (κ2) is 6.96. The zero-order valence-electron chi connectivity index (χ0n) is 14.5. The van der Waals surface area contributed by atoms with Crippen LogP contribution in [0.15, 0.2) is 28.8 Å². The van der Waals surface area contributed by atoms with Gasteiger partial charge in [-0.2, -0.15) is 4.98 Å². The molecule has 0 radical (unpaired) electrons. The van der Waals surface area contributed by atoms with E-state index in [1.165, 1.54) is 45.0 Å². The molecule has 2 heterocycles. The van der Waals surface area contributed by atoms with Gasteiger partial charge in [0.05, 0.1) is 18.9 Å². The van der Waals surface area contributed by atoms with Gasteiger partial charge in [-0.05, 0) is 44.0 Å². The van der Waals surface area contributed by atoms with E-state index < -0.39 is 0 Å². The number of esters is 1. The van der Waals surface area contributed by atoms with Crippen LogP contribution in [0.1, 0.15) is 43.1 Å². The quantitative estimate of drug-likeness (QED) is 0.779. The third kappa shape index (κ3) is 3.58. The number of aromatic nitrogens is 2. The lowest BCUT2D eigenvalue weighted by Crippen LogP contribution is -2.29. The fraction of sp³-hybridized carbons (Fsp3) is 0.526. The number of nitrogens with zero attached hydrogens (tertiary/aromatic N) is 3. The predicted octanol–water partition coefficient (Wildman–Crippen LogP) is 3.00. The molecule has 4 rings (SSSR count). The highest BCUT2D eigenvalue weighted by atomic mass is 16.5. The number of likely N-dealkylation sites (tertiary alicyclic amines) is 1. The maximum atomic E-state index is 11.6. The smallest absolute Gasteiger partial charge is 0.309 e. The summed E-state index contributed by atoms with van der Waals surface area (Å²) in [4.78, 5) is 18.5. The molecule has 6 nitrogen and oxygen atoms in total. The molecule has 1 saturated heterocycles. The SMILES string of the molecule is COC(=O)[C@H]1C[C@H]1c1nc(-c2cccc(CN3CCCCC3)c2)no1. The number of hydrogen-bond acceptors (Lipinski definition) is 6. The Kier molecular flexibility index (Phi) is 4.53. The van der Waals surface area contributed by atoms with E-state index in [0.717, 1.165) is 18.5 Å². The normalized spacial score (nSPS) is 23.4. The summed E-state index contributed by atoms with van der Waals surface area (Å²) in [5.41, 5.74) is 2.23. The Morgan fingerprint density at radius 2 is 2.16 bits per heavy atom. The zero-order valence-corrected chi connectivity index (χ0v) is 14.5. The molecule has 6 heteroatoms. The molecule has 0 unspecified atom stereocenters. The Labute approximate surface area is 147 Å². The lowest BCUT2D eigenvalue weighted by atomic mass is 10.1. The van der Waals surface area contributed by atoms with Crippen molar-refractivity contribution in [3.63, 3.8) is 0 Å². The van der Waals surface area contributed by atoms with Gasteiger partial charge in [0.2, 0.25) is 11.7 Å². The number of ether oxygens (including phenoxy) is 1. The van der Waals surface area contributed by atoms with Crippen LogP contribution in [0, 0.1) is 5.92 Å². The van der Waals surface area contributed by atoms with Crippen molar-refractivity contribution >= 4 is 5.97 Å². The highest BCUT2D eigenvalue weighted by Crippen LogP contribution is 2.47. The van der Waals surface area contributed by atoms with Crippen LogP contribution in [0.2, 0.25) is 0 Å². The molecule has 2 aromatic rings. The van der Waals surface area contributed by atoms with Gasteiger partial charge in [0.15, 0.2) is 0 Å². The van der Waals surface area contributed by atoms with Crippen molar-refractivity contribution < 1.29 is 14.1 Å². The molecule has 25 heavy (non-hydrogen) atoms. The van der Waals surface area contributed by atoms with E-state index in [9.17, 15) is 4.79 Å². The molecular weight excluding hydrogens is 318 g/mol. The summed E-state index contributed by atoms with van der Waals surface area (Å²) >= 11 is 0. The molecule has 2 fully saturated rings. The number of benzene rings is 1. The van der Waals surface area contributed by atoms with Crippen molar-refractivity contribution in [2.24, 2.45) is 5.92 Å². The fourth-order valence-corrected chi connectivity index (χ4v) is 3.57. The number of carbonyl (C=O) groups excluding carboxylic acids is 1. The third-order valence-electron chi connectivity index (χ3n) is 5.09. The summed E-state index contributed by atoms with van der Waals surface area (Å²) in [6, 6.07) is 8.32. The fourth-order valence-electron chi connectivity index (χ4n) is 3.57. The number of piperidine rings is 1. The number of carbonyl (C=O) groups is 1. The molecule has 1 aromatic carbocycles. The van der Waals surface area contributed by atoms with Crippen LogP contribution in [0.25, 0.3) is 11.4 Å². The molecule has 132 valence electrons. The Balaban J connectivity index is 1.45. The topological polar surface area (TPSA) is 68.5 Å². The first-order chi connectivity index (χ1) is 12.2. The molecule has 2 atom stereocenters. The van der Waals surface area contributed by atoms with Crippen LogP contribution < -0.4 is 0 Å². The second-order valence-electron chi connectivity index (χ2n) is 6.97. The maximum Gasteiger partial charge on any atom is 0.309 e. The van der Waals surface area contributed by atoms with E-state index in [1.54, 1.807) is 0 Å². The monoisotopic (exact) mass is 341 g/mol. The van der Waals surface area contributed by atoms with E-state index in [4.69, 9.17) is 9.26 Å². The van der Waals surface area contributed by atoms with Crippen molar-refractivity contribution in [3.05, 3.63) is 35.7 Å². The molecule has 0 spiro atoms. The van der Waals surface area contributed by atoms with E-state index >= 15 is 0 Å². The molecule has 0 N–H and O–H groups in total. The van der Waals surface area contributed by atoms with Crippen LogP contribution >= 0.6 is 0 Å². The van der Waals surface area contributed by atoms with Crippen molar-refractivity contribution in [1.82, 2.24) is 15.0 Å². The second-order valence-corrected chi connectivity index (χ2v) is 6.97. The highest BCUT2D eigenvalue weighted by molar-refractivity contribution is 5.76. The summed E-state index contributed by atoms with van der Waals surface area (Å²) in [6.45, 7) is 3.31. The molecule has 1 saturated carbocycles. The standard InChI is InChI=1S/C19H23N3O3/c1-24-19(23)16-11-15(16)18-20-17(21-25-18)14-7-5-6-13(10-14)12-22-8-3-2-4-9-22/h5-7,10,15-16H,2-4,8-9,11-12H2,1H3/t15-,16+/m1/s1. The van der Waals surface area contributed by atoms with Gasteiger partial charge in [-0.25, -0.2) is 0 Å². The van der Waals surface area contributed by atoms with Gasteiger partial charge >= 0.3 is 5.97 Å². The van der Waals surface area contributed by atoms with Crippen molar-refractivity contribution in [1.29, 1.82) is 0 Å². The zero-order chi connectivity index (χ0) is 17.2. The van der Waals surface area contributed by atoms with Gasteiger partial charge in [0.1, 0.15) is 0 Å². The molecular formula is C19H23N3O3. The Morgan fingerprint density at radius 3 is 2.96 bits per heavy atom. The molecule has 0 amide bonds. The first kappa shape index (κ1) is 16.3. The largest absolute Gasteiger partial charge is 0.469 e. The van der Waals surface area contributed by atoms with Crippen LogP contribution in [0.5, 0.6) is 0 Å². The van der Waals surface area contributed by atoms with E-state index in [2.05, 4.69) is 27.2 Å². The summed E-state index contributed by atoms with van der Waals surface area (Å²) in [5.74, 6) is 0.792. The Bertz CT molecular complexity index is 752. The Hall–Kier alpha value is -2.21. The highest BCUT2D eigenvalue weighted by Gasteiger charge is 2.48. The average Bonchev–Trinajstić information content (AvgIpc) is 3.30. The van der Waals surface area contributed by atoms with Crippen LogP contribution in [-0.2, 0) is 16.1 Å². The average molecular weight is 341 g/mol. The minimum atomic E-state index is -0.201. The summed E-state index contributed by atoms with van der Waals surface area (Å²) in [5, 5.41) is 4.10. The van der Waals surface area contributed by atoms with Gasteiger partial charge in [-0.1, -0.05) is 29.8 Å². The van der Waals surface area contributed by atoms with E-state index in [0.29, 0.717) is 11.7 Å². The van der Waals surface area contributed by atoms with Crippen molar-refractivity contribution in [2.75, 3.05) is 20.2 Å². The van der Waals surface area contributed by atoms with Gasteiger partial charge in [-0.3, -0.25) is 9.69 Å². The lowest BCUT2D eigenvalue weighted by molar-refractivity contribution is -0.142. The van der Waals surface area contributed by atoms with Gasteiger partial charge < -0.3 is 9.26 Å². The molecule has 1 aromatic heterocycles. The van der Waals surface area contributed by atoms with E-state index in [-0.39, 0.29) is 17.8 Å². The number of methoxy groups -OCH3 is 1. The maximum absolute atomic E-state index is 11.6. The van der Waals surface area contributed by atoms with E-state index in [1.807, 2.05) is 12.1 Å². The minimum absolute atomic E-state index is 0.00484. The summed E-state index contributed by atoms with van der Waals surface area (Å²) < 4.78 is 10.2. The molecule has 2 aliphatic rings. The van der Waals surface area contributed by atoms with Gasteiger partial charge in [0, 0.05) is 12.1 Å². The summed E-state index contributed by atoms with van der Waals surface area (Å²) in [6.07, 6.45) is 4.65. The number of rotatable bonds is 5. The number of hydrogen-bond donors (Lipinski definition) is 0. The van der Waals surface area contributed by atoms with Crippen LogP contribution in [0.4, 0.5) is 0 Å². The predicted molar refractivity (Wildman–Crippen MR) is 91.7 cm³/mol. The molecule has 1 aliphatic heterocycles. The lowest BCUT2D eigenvalue weighted by Gasteiger charge is -2.26. The summed E-state index contributed by atoms with van der Waals surface area (Å²) in [7, 11) is 1.41. The van der Waals surface area contributed by atoms with Gasteiger partial charge in [0.25, 0.3) is 0 Å². The van der Waals surface area contributed by atoms with Crippen LogP contribution in [0.3, 0.4) is 0 Å². The molecule has 0 bridgehead atoms. The van der Waals surface area contributed by atoms with Crippen LogP contribution in [-0.4, -0.2) is 41.2 Å². The third-order valence-corrected chi connectivity index (χ3v) is 5.09. The first-order valence-corrected chi connectivity index (χ1v) is 8.97. The Morgan fingerprint density at radius 1 is 1.32 bits per heavy atom. The van der Waals surface area contributed by atoms with Crippen molar-refractivity contribution in [2.45, 2.75) is 38.1 Å². The first-order valence-electron chi connectivity index (χ1n) is 8.97. The van der Waals surface area contributed by atoms with Gasteiger partial charge in [-0.15, -0.1) is 0 Å². The minimum Gasteiger partial charge on any atom is -0.469 e. The van der Waals surface area contributed by atoms with Crippen molar-refractivity contribution in [3.8, 4) is 11.4 Å².